The number of unbranched alkanes of at least 4 members (excludes halogenated alkanes) is 1. The average Bonchev–Trinajstić information content (AvgIpc) is 3.13. The molecule has 0 spiro atoms. The second-order valence-corrected chi connectivity index (χ2v) is 8.80. The number of benzene rings is 2. The van der Waals surface area contributed by atoms with Crippen LogP contribution in [0.4, 0.5) is 0 Å². The first-order valence-corrected chi connectivity index (χ1v) is 10.5. The lowest BCUT2D eigenvalue weighted by atomic mass is 9.80. The van der Waals surface area contributed by atoms with Crippen molar-refractivity contribution in [2.24, 2.45) is 16.2 Å². The Morgan fingerprint density at radius 1 is 0.778 bits per heavy atom. The Balaban J connectivity index is 1.85. The molecule has 0 heterocycles. The van der Waals surface area contributed by atoms with E-state index >= 15 is 0 Å². The first kappa shape index (κ1) is 19.7. The van der Waals surface area contributed by atoms with Crippen molar-refractivity contribution in [3.05, 3.63) is 71.8 Å². The summed E-state index contributed by atoms with van der Waals surface area (Å²) in [6.45, 7) is 6.93. The van der Waals surface area contributed by atoms with Crippen molar-refractivity contribution in [2.75, 3.05) is 0 Å². The van der Waals surface area contributed by atoms with Crippen molar-refractivity contribution in [1.82, 2.24) is 0 Å². The molecular weight excluding hydrogens is 326 g/mol. The number of rotatable bonds is 9. The normalized spacial score (nSPS) is 22.1. The van der Waals surface area contributed by atoms with E-state index in [1.165, 1.54) is 11.1 Å². The van der Waals surface area contributed by atoms with Gasteiger partial charge in [-0.3, -0.25) is 0 Å². The SMILES string of the molecule is CCCCC1(C#N)C(C)(C)C1(CCc1ccccc1)CCc1ccccc1. The summed E-state index contributed by atoms with van der Waals surface area (Å²) >= 11 is 0. The fourth-order valence-corrected chi connectivity index (χ4v) is 5.64. The quantitative estimate of drug-likeness (QED) is 0.474. The molecule has 1 unspecified atom stereocenters. The first-order valence-electron chi connectivity index (χ1n) is 10.5. The van der Waals surface area contributed by atoms with E-state index in [1.54, 1.807) is 0 Å². The Hall–Kier alpha value is -2.07. The molecule has 0 aromatic heterocycles. The molecule has 1 saturated carbocycles. The molecule has 0 saturated heterocycles. The number of nitrogens with zero attached hydrogens (tertiary/aromatic N) is 1. The summed E-state index contributed by atoms with van der Waals surface area (Å²) in [7, 11) is 0. The van der Waals surface area contributed by atoms with E-state index in [9.17, 15) is 5.26 Å². The van der Waals surface area contributed by atoms with Crippen LogP contribution in [0.25, 0.3) is 0 Å². The van der Waals surface area contributed by atoms with E-state index in [1.807, 2.05) is 0 Å². The molecule has 1 heteroatoms. The standard InChI is InChI=1S/C26H33N/c1-4-5-18-26(21-27)24(2,3)25(26,19-16-22-12-8-6-9-13-22)20-17-23-14-10-7-11-15-23/h6-15H,4-5,16-20H2,1-3H3. The number of hydrogen-bond acceptors (Lipinski definition) is 1. The maximum absolute atomic E-state index is 10.3. The lowest BCUT2D eigenvalue weighted by Gasteiger charge is -2.22. The maximum Gasteiger partial charge on any atom is 0.0701 e. The van der Waals surface area contributed by atoms with Crippen molar-refractivity contribution in [1.29, 1.82) is 5.26 Å². The van der Waals surface area contributed by atoms with Crippen LogP contribution in [0, 0.1) is 27.6 Å². The van der Waals surface area contributed by atoms with Gasteiger partial charge in [0.05, 0.1) is 11.5 Å². The van der Waals surface area contributed by atoms with Crippen LogP contribution in [0.2, 0.25) is 0 Å². The van der Waals surface area contributed by atoms with Crippen LogP contribution in [-0.2, 0) is 12.8 Å². The average molecular weight is 360 g/mol. The molecule has 1 atom stereocenters. The number of aryl methyl sites for hydroxylation is 2. The maximum atomic E-state index is 10.3. The van der Waals surface area contributed by atoms with Crippen molar-refractivity contribution in [3.8, 4) is 6.07 Å². The fourth-order valence-electron chi connectivity index (χ4n) is 5.64. The fraction of sp³-hybridized carbons (Fsp3) is 0.500. The molecule has 2 aromatic rings. The molecule has 27 heavy (non-hydrogen) atoms. The predicted molar refractivity (Wildman–Crippen MR) is 113 cm³/mol. The van der Waals surface area contributed by atoms with Crippen molar-refractivity contribution >= 4 is 0 Å². The van der Waals surface area contributed by atoms with Crippen LogP contribution in [0.5, 0.6) is 0 Å². The monoisotopic (exact) mass is 359 g/mol. The third kappa shape index (κ3) is 3.31. The third-order valence-electron chi connectivity index (χ3n) is 7.48. The highest BCUT2D eigenvalue weighted by atomic mass is 14.8. The molecule has 3 rings (SSSR count). The van der Waals surface area contributed by atoms with Gasteiger partial charge in [-0.25, -0.2) is 0 Å². The van der Waals surface area contributed by atoms with Gasteiger partial charge in [0.25, 0.3) is 0 Å². The first-order chi connectivity index (χ1) is 13.0. The summed E-state index contributed by atoms with van der Waals surface area (Å²) in [6, 6.07) is 24.4. The van der Waals surface area contributed by atoms with Crippen LogP contribution in [0.1, 0.15) is 64.0 Å². The van der Waals surface area contributed by atoms with Gasteiger partial charge in [0, 0.05) is 0 Å². The van der Waals surface area contributed by atoms with E-state index in [0.717, 1.165) is 44.9 Å². The minimum atomic E-state index is -0.181. The second-order valence-electron chi connectivity index (χ2n) is 8.80. The summed E-state index contributed by atoms with van der Waals surface area (Å²) in [4.78, 5) is 0. The highest BCUT2D eigenvalue weighted by Crippen LogP contribution is 2.83. The Morgan fingerprint density at radius 2 is 1.26 bits per heavy atom. The molecule has 0 amide bonds. The van der Waals surface area contributed by atoms with Gasteiger partial charge in [-0.05, 0) is 54.1 Å². The summed E-state index contributed by atoms with van der Waals surface area (Å²) in [5.74, 6) is 0. The Morgan fingerprint density at radius 3 is 1.67 bits per heavy atom. The van der Waals surface area contributed by atoms with Crippen LogP contribution in [0.15, 0.2) is 60.7 Å². The molecule has 0 aliphatic heterocycles. The van der Waals surface area contributed by atoms with Gasteiger partial charge in [-0.2, -0.15) is 5.26 Å². The van der Waals surface area contributed by atoms with E-state index < -0.39 is 0 Å². The molecule has 0 N–H and O–H groups in total. The molecule has 142 valence electrons. The lowest BCUT2D eigenvalue weighted by Crippen LogP contribution is -2.16. The van der Waals surface area contributed by atoms with Gasteiger partial charge in [0.15, 0.2) is 0 Å². The molecule has 1 aliphatic carbocycles. The largest absolute Gasteiger partial charge is 0.198 e. The zero-order chi connectivity index (χ0) is 19.4. The van der Waals surface area contributed by atoms with Gasteiger partial charge in [0.1, 0.15) is 0 Å². The molecule has 1 fully saturated rings. The third-order valence-corrected chi connectivity index (χ3v) is 7.48. The van der Waals surface area contributed by atoms with Gasteiger partial charge >= 0.3 is 0 Å². The molecule has 1 nitrogen and oxygen atoms in total. The highest BCUT2D eigenvalue weighted by Gasteiger charge is 2.80. The van der Waals surface area contributed by atoms with Gasteiger partial charge < -0.3 is 0 Å². The molecular formula is C26H33N. The highest BCUT2D eigenvalue weighted by molar-refractivity contribution is 5.36. The summed E-state index contributed by atoms with van der Waals surface area (Å²) < 4.78 is 0. The zero-order valence-corrected chi connectivity index (χ0v) is 17.2. The van der Waals surface area contributed by atoms with Crippen molar-refractivity contribution in [2.45, 2.75) is 65.7 Å². The summed E-state index contributed by atoms with van der Waals surface area (Å²) in [6.07, 6.45) is 7.68. The summed E-state index contributed by atoms with van der Waals surface area (Å²) in [5.41, 5.74) is 2.78. The van der Waals surface area contributed by atoms with Crippen LogP contribution in [0.3, 0.4) is 0 Å². The molecule has 1 aliphatic rings. The van der Waals surface area contributed by atoms with Gasteiger partial charge in [0.2, 0.25) is 0 Å². The number of nitriles is 1. The smallest absolute Gasteiger partial charge is 0.0701 e. The molecule has 0 radical (unpaired) electrons. The van der Waals surface area contributed by atoms with Crippen molar-refractivity contribution in [3.63, 3.8) is 0 Å². The van der Waals surface area contributed by atoms with Crippen LogP contribution < -0.4 is 0 Å². The topological polar surface area (TPSA) is 23.8 Å². The van der Waals surface area contributed by atoms with Crippen molar-refractivity contribution < 1.29 is 0 Å². The lowest BCUT2D eigenvalue weighted by molar-refractivity contribution is 0.309. The molecule has 2 aromatic carbocycles. The Kier molecular flexibility index (Phi) is 5.75. The van der Waals surface area contributed by atoms with Gasteiger partial charge in [-0.15, -0.1) is 0 Å². The van der Waals surface area contributed by atoms with E-state index in [-0.39, 0.29) is 16.2 Å². The minimum absolute atomic E-state index is 0.0769. The zero-order valence-electron chi connectivity index (χ0n) is 17.2. The predicted octanol–water partition coefficient (Wildman–Crippen LogP) is 6.98. The number of hydrogen-bond donors (Lipinski definition) is 0. The molecule has 0 bridgehead atoms. The van der Waals surface area contributed by atoms with E-state index in [0.29, 0.717) is 0 Å². The Labute approximate surface area is 165 Å². The Bertz CT molecular complexity index is 725. The summed E-state index contributed by atoms with van der Waals surface area (Å²) in [5, 5.41) is 10.3. The second kappa shape index (κ2) is 7.89. The van der Waals surface area contributed by atoms with E-state index in [2.05, 4.69) is 87.5 Å². The van der Waals surface area contributed by atoms with E-state index in [4.69, 9.17) is 0 Å². The minimum Gasteiger partial charge on any atom is -0.198 e. The van der Waals surface area contributed by atoms with Crippen LogP contribution >= 0.6 is 0 Å². The van der Waals surface area contributed by atoms with Gasteiger partial charge in [-0.1, -0.05) is 94.3 Å². The van der Waals surface area contributed by atoms with Crippen LogP contribution in [-0.4, -0.2) is 0 Å².